The summed E-state index contributed by atoms with van der Waals surface area (Å²) in [6.45, 7) is 7.17. The van der Waals surface area contributed by atoms with E-state index in [1.165, 1.54) is 19.3 Å². The fourth-order valence-corrected chi connectivity index (χ4v) is 3.05. The van der Waals surface area contributed by atoms with Crippen LogP contribution in [0.15, 0.2) is 0 Å². The Morgan fingerprint density at radius 3 is 2.25 bits per heavy atom. The predicted molar refractivity (Wildman–Crippen MR) is 53.0 cm³/mol. The van der Waals surface area contributed by atoms with E-state index in [4.69, 9.17) is 0 Å². The van der Waals surface area contributed by atoms with Crippen LogP contribution in [0.4, 0.5) is 0 Å². The van der Waals surface area contributed by atoms with Crippen molar-refractivity contribution in [3.63, 3.8) is 0 Å². The molecule has 70 valence electrons. The molecule has 4 unspecified atom stereocenters. The quantitative estimate of drug-likeness (QED) is 0.595. The van der Waals surface area contributed by atoms with Crippen LogP contribution in [0.5, 0.6) is 0 Å². The molecule has 0 heterocycles. The van der Waals surface area contributed by atoms with Crippen molar-refractivity contribution < 1.29 is 0 Å². The van der Waals surface area contributed by atoms with Crippen molar-refractivity contribution in [3.8, 4) is 0 Å². The third-order valence-corrected chi connectivity index (χ3v) is 4.56. The Kier molecular flexibility index (Phi) is 1.97. The molecule has 0 nitrogen and oxygen atoms in total. The lowest BCUT2D eigenvalue weighted by Gasteiger charge is -2.13. The molecule has 0 aromatic heterocycles. The molecular formula is C12H22. The summed E-state index contributed by atoms with van der Waals surface area (Å²) in [6, 6.07) is 0. The van der Waals surface area contributed by atoms with Crippen molar-refractivity contribution in [2.45, 2.75) is 52.9 Å². The smallest absolute Gasteiger partial charge is 0.0269 e. The molecule has 0 N–H and O–H groups in total. The van der Waals surface area contributed by atoms with Crippen molar-refractivity contribution in [1.29, 1.82) is 0 Å². The third kappa shape index (κ3) is 1.30. The van der Waals surface area contributed by atoms with E-state index in [2.05, 4.69) is 20.8 Å². The summed E-state index contributed by atoms with van der Waals surface area (Å²) in [6.07, 6.45) is 7.49. The van der Waals surface area contributed by atoms with Crippen molar-refractivity contribution >= 4 is 0 Å². The van der Waals surface area contributed by atoms with Gasteiger partial charge in [-0.3, -0.25) is 0 Å². The first-order chi connectivity index (χ1) is 5.72. The highest BCUT2D eigenvalue weighted by Gasteiger charge is 2.53. The number of hydrogen-bond donors (Lipinski definition) is 0. The fraction of sp³-hybridized carbons (Fsp3) is 1.00. The van der Waals surface area contributed by atoms with Gasteiger partial charge in [0.05, 0.1) is 0 Å². The van der Waals surface area contributed by atoms with Crippen LogP contribution < -0.4 is 0 Å². The standard InChI is InChI=1S/C12H22/c1-4-10-6-11(10)8-12(5-2)7-9(12)3/h9-11H,4-8H2,1-3H3. The predicted octanol–water partition coefficient (Wildman–Crippen LogP) is 3.86. The van der Waals surface area contributed by atoms with Crippen LogP contribution in [0.25, 0.3) is 0 Å². The molecule has 2 rings (SSSR count). The maximum absolute atomic E-state index is 2.44. The van der Waals surface area contributed by atoms with E-state index < -0.39 is 0 Å². The van der Waals surface area contributed by atoms with Gasteiger partial charge >= 0.3 is 0 Å². The molecule has 0 aromatic rings. The van der Waals surface area contributed by atoms with E-state index in [0.717, 1.165) is 23.2 Å². The van der Waals surface area contributed by atoms with Crippen LogP contribution in [0, 0.1) is 23.2 Å². The van der Waals surface area contributed by atoms with E-state index in [0.29, 0.717) is 0 Å². The van der Waals surface area contributed by atoms with Gasteiger partial charge in [-0.1, -0.05) is 33.6 Å². The van der Waals surface area contributed by atoms with Crippen molar-refractivity contribution in [3.05, 3.63) is 0 Å². The first-order valence-corrected chi connectivity index (χ1v) is 5.72. The van der Waals surface area contributed by atoms with Crippen LogP contribution in [-0.2, 0) is 0 Å². The topological polar surface area (TPSA) is 0 Å². The molecule has 0 spiro atoms. The molecule has 0 bridgehead atoms. The van der Waals surface area contributed by atoms with Crippen LogP contribution in [0.3, 0.4) is 0 Å². The highest BCUT2D eigenvalue weighted by Crippen LogP contribution is 2.63. The Balaban J connectivity index is 1.80. The maximum atomic E-state index is 2.44. The maximum Gasteiger partial charge on any atom is -0.0269 e. The van der Waals surface area contributed by atoms with E-state index in [9.17, 15) is 0 Å². The van der Waals surface area contributed by atoms with Gasteiger partial charge in [0.25, 0.3) is 0 Å². The SMILES string of the molecule is CCC1CC1CC1(CC)CC1C. The minimum atomic E-state index is 0.814. The van der Waals surface area contributed by atoms with E-state index in [1.807, 2.05) is 0 Å². The molecular weight excluding hydrogens is 144 g/mol. The Hall–Kier alpha value is 0. The lowest BCUT2D eigenvalue weighted by Crippen LogP contribution is -2.03. The van der Waals surface area contributed by atoms with E-state index in [1.54, 1.807) is 12.8 Å². The average molecular weight is 166 g/mol. The molecule has 2 aliphatic rings. The van der Waals surface area contributed by atoms with Gasteiger partial charge < -0.3 is 0 Å². The summed E-state index contributed by atoms with van der Waals surface area (Å²) in [5, 5.41) is 0. The van der Waals surface area contributed by atoms with Gasteiger partial charge in [-0.05, 0) is 42.4 Å². The van der Waals surface area contributed by atoms with Crippen molar-refractivity contribution in [2.24, 2.45) is 23.2 Å². The molecule has 0 amide bonds. The Labute approximate surface area is 76.7 Å². The van der Waals surface area contributed by atoms with Crippen LogP contribution >= 0.6 is 0 Å². The minimum Gasteiger partial charge on any atom is -0.0651 e. The molecule has 0 heteroatoms. The third-order valence-electron chi connectivity index (χ3n) is 4.56. The van der Waals surface area contributed by atoms with Gasteiger partial charge in [-0.2, -0.15) is 0 Å². The first kappa shape index (κ1) is 8.59. The van der Waals surface area contributed by atoms with Crippen LogP contribution in [0.1, 0.15) is 52.9 Å². The summed E-state index contributed by atoms with van der Waals surface area (Å²) in [5.74, 6) is 3.28. The zero-order valence-corrected chi connectivity index (χ0v) is 8.77. The zero-order valence-electron chi connectivity index (χ0n) is 8.77. The Bertz CT molecular complexity index is 169. The molecule has 2 fully saturated rings. The lowest BCUT2D eigenvalue weighted by atomic mass is 9.92. The molecule has 2 saturated carbocycles. The molecule has 2 aliphatic carbocycles. The minimum absolute atomic E-state index is 0.814. The van der Waals surface area contributed by atoms with Gasteiger partial charge in [0, 0.05) is 0 Å². The van der Waals surface area contributed by atoms with Gasteiger partial charge in [0.15, 0.2) is 0 Å². The summed E-state index contributed by atoms with van der Waals surface area (Å²) >= 11 is 0. The second-order valence-electron chi connectivity index (χ2n) is 5.19. The molecule has 0 aliphatic heterocycles. The van der Waals surface area contributed by atoms with Gasteiger partial charge in [0.1, 0.15) is 0 Å². The zero-order chi connectivity index (χ0) is 8.77. The summed E-state index contributed by atoms with van der Waals surface area (Å²) in [4.78, 5) is 0. The van der Waals surface area contributed by atoms with Crippen LogP contribution in [0.2, 0.25) is 0 Å². The average Bonchev–Trinajstić information content (AvgIpc) is 2.93. The number of rotatable bonds is 4. The highest BCUT2D eigenvalue weighted by molar-refractivity contribution is 5.03. The van der Waals surface area contributed by atoms with Crippen molar-refractivity contribution in [1.82, 2.24) is 0 Å². The first-order valence-electron chi connectivity index (χ1n) is 5.72. The van der Waals surface area contributed by atoms with Gasteiger partial charge in [-0.25, -0.2) is 0 Å². The summed E-state index contributed by atoms with van der Waals surface area (Å²) < 4.78 is 0. The number of hydrogen-bond acceptors (Lipinski definition) is 0. The molecule has 0 aromatic carbocycles. The van der Waals surface area contributed by atoms with Gasteiger partial charge in [0.2, 0.25) is 0 Å². The van der Waals surface area contributed by atoms with E-state index in [-0.39, 0.29) is 0 Å². The Morgan fingerprint density at radius 2 is 1.92 bits per heavy atom. The molecule has 4 atom stereocenters. The molecule has 0 radical (unpaired) electrons. The van der Waals surface area contributed by atoms with Crippen molar-refractivity contribution in [2.75, 3.05) is 0 Å². The second kappa shape index (κ2) is 2.75. The second-order valence-corrected chi connectivity index (χ2v) is 5.19. The lowest BCUT2D eigenvalue weighted by molar-refractivity contribution is 0.376. The molecule has 12 heavy (non-hydrogen) atoms. The normalized spacial score (nSPS) is 50.8. The fourth-order valence-electron chi connectivity index (χ4n) is 3.05. The van der Waals surface area contributed by atoms with E-state index >= 15 is 0 Å². The van der Waals surface area contributed by atoms with Gasteiger partial charge in [-0.15, -0.1) is 0 Å². The van der Waals surface area contributed by atoms with Crippen LogP contribution in [-0.4, -0.2) is 0 Å². The largest absolute Gasteiger partial charge is 0.0651 e. The summed E-state index contributed by atoms with van der Waals surface area (Å²) in [5.41, 5.74) is 0.814. The monoisotopic (exact) mass is 166 g/mol. The highest BCUT2D eigenvalue weighted by atomic mass is 14.6. The molecule has 0 saturated heterocycles. The summed E-state index contributed by atoms with van der Waals surface area (Å²) in [7, 11) is 0. The Morgan fingerprint density at radius 1 is 1.25 bits per heavy atom.